The maximum atomic E-state index is 11.5. The largest absolute Gasteiger partial charge is 0.338 e. The zero-order valence-corrected chi connectivity index (χ0v) is 8.30. The van der Waals surface area contributed by atoms with Crippen molar-refractivity contribution in [2.24, 2.45) is 5.92 Å². The van der Waals surface area contributed by atoms with Crippen LogP contribution in [0.15, 0.2) is 24.5 Å². The first-order chi connectivity index (χ1) is 7.29. The Kier molecular flexibility index (Phi) is 2.76. The average Bonchev–Trinajstić information content (AvgIpc) is 2.61. The summed E-state index contributed by atoms with van der Waals surface area (Å²) >= 11 is 0. The van der Waals surface area contributed by atoms with Gasteiger partial charge in [-0.1, -0.05) is 0 Å². The molecule has 0 bridgehead atoms. The van der Waals surface area contributed by atoms with Crippen molar-refractivity contribution in [3.05, 3.63) is 30.1 Å². The van der Waals surface area contributed by atoms with Gasteiger partial charge in [0.15, 0.2) is 0 Å². The predicted molar refractivity (Wildman–Crippen MR) is 53.8 cm³/mol. The van der Waals surface area contributed by atoms with Gasteiger partial charge in [-0.15, -0.1) is 0 Å². The molecule has 1 fully saturated rings. The van der Waals surface area contributed by atoms with Crippen molar-refractivity contribution in [2.45, 2.75) is 13.0 Å². The highest BCUT2D eigenvalue weighted by molar-refractivity contribution is 5.82. The summed E-state index contributed by atoms with van der Waals surface area (Å²) in [5.41, 5.74) is 1.05. The number of carbonyl (C=O) groups is 2. The highest BCUT2D eigenvalue weighted by atomic mass is 16.2. The van der Waals surface area contributed by atoms with Crippen LogP contribution in [0.5, 0.6) is 0 Å². The van der Waals surface area contributed by atoms with E-state index in [1.165, 1.54) is 0 Å². The van der Waals surface area contributed by atoms with Crippen LogP contribution in [-0.4, -0.2) is 28.6 Å². The second-order valence-corrected chi connectivity index (χ2v) is 3.73. The lowest BCUT2D eigenvalue weighted by Crippen LogP contribution is -2.24. The van der Waals surface area contributed by atoms with E-state index in [0.717, 1.165) is 11.8 Å². The number of carbonyl (C=O) groups excluding carboxylic acids is 2. The second kappa shape index (κ2) is 4.21. The fourth-order valence-corrected chi connectivity index (χ4v) is 1.76. The molecule has 1 unspecified atom stereocenters. The SMILES string of the molecule is O=CC1CC(=O)N(Cc2ccncc2)C1. The van der Waals surface area contributed by atoms with Crippen LogP contribution in [0.4, 0.5) is 0 Å². The summed E-state index contributed by atoms with van der Waals surface area (Å²) in [4.78, 5) is 27.7. The van der Waals surface area contributed by atoms with Crippen molar-refractivity contribution in [2.75, 3.05) is 6.54 Å². The van der Waals surface area contributed by atoms with E-state index >= 15 is 0 Å². The van der Waals surface area contributed by atoms with E-state index in [9.17, 15) is 9.59 Å². The van der Waals surface area contributed by atoms with Crippen LogP contribution in [-0.2, 0) is 16.1 Å². The molecule has 1 saturated heterocycles. The quantitative estimate of drug-likeness (QED) is 0.678. The predicted octanol–water partition coefficient (Wildman–Crippen LogP) is 0.629. The molecule has 1 atom stereocenters. The molecule has 1 aliphatic heterocycles. The molecule has 2 heterocycles. The molecular formula is C11H12N2O2. The highest BCUT2D eigenvalue weighted by Gasteiger charge is 2.28. The lowest BCUT2D eigenvalue weighted by Gasteiger charge is -2.15. The van der Waals surface area contributed by atoms with Gasteiger partial charge in [0.1, 0.15) is 6.29 Å². The minimum Gasteiger partial charge on any atom is -0.338 e. The molecule has 0 aliphatic carbocycles. The molecular weight excluding hydrogens is 192 g/mol. The highest BCUT2D eigenvalue weighted by Crippen LogP contribution is 2.17. The number of rotatable bonds is 3. The van der Waals surface area contributed by atoms with Crippen molar-refractivity contribution < 1.29 is 9.59 Å². The third kappa shape index (κ3) is 2.21. The molecule has 15 heavy (non-hydrogen) atoms. The smallest absolute Gasteiger partial charge is 0.223 e. The Morgan fingerprint density at radius 2 is 2.20 bits per heavy atom. The minimum atomic E-state index is -0.126. The second-order valence-electron chi connectivity index (χ2n) is 3.73. The molecule has 0 saturated carbocycles. The number of hydrogen-bond acceptors (Lipinski definition) is 3. The molecule has 78 valence electrons. The van der Waals surface area contributed by atoms with Gasteiger partial charge in [0.25, 0.3) is 0 Å². The summed E-state index contributed by atoms with van der Waals surface area (Å²) in [6.45, 7) is 1.12. The van der Waals surface area contributed by atoms with Crippen LogP contribution >= 0.6 is 0 Å². The van der Waals surface area contributed by atoms with Crippen LogP contribution in [0.3, 0.4) is 0 Å². The van der Waals surface area contributed by atoms with Gasteiger partial charge in [0, 0.05) is 37.8 Å². The topological polar surface area (TPSA) is 50.3 Å². The number of aromatic nitrogens is 1. The minimum absolute atomic E-state index is 0.0592. The Hall–Kier alpha value is -1.71. The number of pyridine rings is 1. The van der Waals surface area contributed by atoms with E-state index in [2.05, 4.69) is 4.98 Å². The lowest BCUT2D eigenvalue weighted by molar-refractivity contribution is -0.128. The first-order valence-corrected chi connectivity index (χ1v) is 4.91. The number of likely N-dealkylation sites (tertiary alicyclic amines) is 1. The molecule has 2 rings (SSSR count). The lowest BCUT2D eigenvalue weighted by atomic mass is 10.1. The monoisotopic (exact) mass is 204 g/mol. The molecule has 4 heteroatoms. The summed E-state index contributed by atoms with van der Waals surface area (Å²) in [5.74, 6) is -0.0664. The van der Waals surface area contributed by atoms with E-state index in [-0.39, 0.29) is 11.8 Å². The van der Waals surface area contributed by atoms with E-state index in [1.807, 2.05) is 12.1 Å². The van der Waals surface area contributed by atoms with Crippen LogP contribution < -0.4 is 0 Å². The van der Waals surface area contributed by atoms with Gasteiger partial charge in [0.05, 0.1) is 0 Å². The molecule has 4 nitrogen and oxygen atoms in total. The molecule has 0 radical (unpaired) electrons. The van der Waals surface area contributed by atoms with E-state index < -0.39 is 0 Å². The molecule has 1 aromatic rings. The zero-order valence-electron chi connectivity index (χ0n) is 8.30. The van der Waals surface area contributed by atoms with Crippen LogP contribution in [0, 0.1) is 5.92 Å². The van der Waals surface area contributed by atoms with Gasteiger partial charge in [-0.05, 0) is 17.7 Å². The van der Waals surface area contributed by atoms with E-state index in [0.29, 0.717) is 19.5 Å². The van der Waals surface area contributed by atoms with Crippen LogP contribution in [0.1, 0.15) is 12.0 Å². The fourth-order valence-electron chi connectivity index (χ4n) is 1.76. The van der Waals surface area contributed by atoms with Gasteiger partial charge in [0.2, 0.25) is 5.91 Å². The van der Waals surface area contributed by atoms with Crippen molar-refractivity contribution in [1.82, 2.24) is 9.88 Å². The van der Waals surface area contributed by atoms with Gasteiger partial charge < -0.3 is 9.69 Å². The summed E-state index contributed by atoms with van der Waals surface area (Å²) in [6, 6.07) is 3.75. The summed E-state index contributed by atoms with van der Waals surface area (Å²) < 4.78 is 0. The first-order valence-electron chi connectivity index (χ1n) is 4.91. The first kappa shape index (κ1) is 9.83. The summed E-state index contributed by atoms with van der Waals surface area (Å²) in [7, 11) is 0. The van der Waals surface area contributed by atoms with Gasteiger partial charge >= 0.3 is 0 Å². The number of amides is 1. The van der Waals surface area contributed by atoms with Crippen molar-refractivity contribution in [1.29, 1.82) is 0 Å². The molecule has 0 aromatic carbocycles. The number of aldehydes is 1. The molecule has 0 spiro atoms. The van der Waals surface area contributed by atoms with Gasteiger partial charge in [-0.25, -0.2) is 0 Å². The zero-order chi connectivity index (χ0) is 10.7. The number of hydrogen-bond donors (Lipinski definition) is 0. The Labute approximate surface area is 87.9 Å². The molecule has 1 aromatic heterocycles. The van der Waals surface area contributed by atoms with E-state index in [4.69, 9.17) is 0 Å². The molecule has 1 aliphatic rings. The Morgan fingerprint density at radius 3 is 2.80 bits per heavy atom. The van der Waals surface area contributed by atoms with E-state index in [1.54, 1.807) is 17.3 Å². The summed E-state index contributed by atoms with van der Waals surface area (Å²) in [6.07, 6.45) is 4.62. The molecule has 0 N–H and O–H groups in total. The molecule has 1 amide bonds. The Morgan fingerprint density at radius 1 is 1.47 bits per heavy atom. The van der Waals surface area contributed by atoms with Crippen molar-refractivity contribution >= 4 is 12.2 Å². The third-order valence-electron chi connectivity index (χ3n) is 2.56. The maximum absolute atomic E-state index is 11.5. The Bertz CT molecular complexity index is 364. The Balaban J connectivity index is 2.01. The standard InChI is InChI=1S/C11H12N2O2/c14-8-10-5-11(15)13(7-10)6-9-1-3-12-4-2-9/h1-4,8,10H,5-7H2. The van der Waals surface area contributed by atoms with Gasteiger partial charge in [-0.3, -0.25) is 9.78 Å². The summed E-state index contributed by atoms with van der Waals surface area (Å²) in [5, 5.41) is 0. The maximum Gasteiger partial charge on any atom is 0.223 e. The van der Waals surface area contributed by atoms with Crippen LogP contribution in [0.25, 0.3) is 0 Å². The average molecular weight is 204 g/mol. The number of nitrogens with zero attached hydrogens (tertiary/aromatic N) is 2. The van der Waals surface area contributed by atoms with Gasteiger partial charge in [-0.2, -0.15) is 0 Å². The fraction of sp³-hybridized carbons (Fsp3) is 0.364. The normalized spacial score (nSPS) is 20.7. The van der Waals surface area contributed by atoms with Crippen molar-refractivity contribution in [3.63, 3.8) is 0 Å². The third-order valence-corrected chi connectivity index (χ3v) is 2.56. The van der Waals surface area contributed by atoms with Crippen molar-refractivity contribution in [3.8, 4) is 0 Å². The van der Waals surface area contributed by atoms with Crippen LogP contribution in [0.2, 0.25) is 0 Å².